The number of hydrogen-bond donors (Lipinski definition) is 0. The third-order valence-corrected chi connectivity index (χ3v) is 6.53. The van der Waals surface area contributed by atoms with Crippen molar-refractivity contribution in [3.63, 3.8) is 0 Å². The van der Waals surface area contributed by atoms with Gasteiger partial charge >= 0.3 is 132 Å². The summed E-state index contributed by atoms with van der Waals surface area (Å²) in [4.78, 5) is 0.897. The molecule has 0 aliphatic rings. The second-order valence-corrected chi connectivity index (χ2v) is 9.38. The SMILES string of the molecule is CCCCCCCCCCCCC(C)[Se]c1ccccc1. The number of hydrogen-bond acceptors (Lipinski definition) is 0. The van der Waals surface area contributed by atoms with Crippen molar-refractivity contribution in [2.75, 3.05) is 0 Å². The van der Waals surface area contributed by atoms with Crippen LogP contribution in [0.4, 0.5) is 0 Å². The molecule has 0 amide bonds. The summed E-state index contributed by atoms with van der Waals surface area (Å²) in [7, 11) is 0. The second kappa shape index (κ2) is 13.4. The van der Waals surface area contributed by atoms with Gasteiger partial charge in [0.15, 0.2) is 0 Å². The van der Waals surface area contributed by atoms with Gasteiger partial charge in [0, 0.05) is 0 Å². The van der Waals surface area contributed by atoms with E-state index >= 15 is 0 Å². The van der Waals surface area contributed by atoms with Gasteiger partial charge in [-0.05, 0) is 0 Å². The molecule has 1 unspecified atom stereocenters. The van der Waals surface area contributed by atoms with Crippen molar-refractivity contribution in [1.82, 2.24) is 0 Å². The Balaban J connectivity index is 1.87. The van der Waals surface area contributed by atoms with Crippen molar-refractivity contribution in [3.05, 3.63) is 30.3 Å². The molecule has 0 heterocycles. The molecule has 1 rings (SSSR count). The van der Waals surface area contributed by atoms with Gasteiger partial charge in [0.05, 0.1) is 0 Å². The topological polar surface area (TPSA) is 0 Å². The van der Waals surface area contributed by atoms with Crippen LogP contribution >= 0.6 is 0 Å². The standard InChI is InChI=1S/C20H34Se/c1-3-4-5-6-7-8-9-10-11-13-16-19(2)21-20-17-14-12-15-18-20/h12,14-15,17-19H,3-11,13,16H2,1-2H3. The molecule has 0 radical (unpaired) electrons. The molecule has 0 saturated heterocycles. The Morgan fingerprint density at radius 2 is 1.29 bits per heavy atom. The Labute approximate surface area is 139 Å². The third-order valence-electron chi connectivity index (χ3n) is 4.04. The molecule has 0 nitrogen and oxygen atoms in total. The summed E-state index contributed by atoms with van der Waals surface area (Å²) in [5, 5.41) is 0. The summed E-state index contributed by atoms with van der Waals surface area (Å²) in [6.45, 7) is 4.72. The zero-order valence-corrected chi connectivity index (χ0v) is 15.9. The predicted octanol–water partition coefficient (Wildman–Crippen LogP) is 6.14. The van der Waals surface area contributed by atoms with Crippen LogP contribution in [0.25, 0.3) is 0 Å². The fourth-order valence-corrected chi connectivity index (χ4v) is 4.94. The van der Waals surface area contributed by atoms with E-state index in [2.05, 4.69) is 44.2 Å². The summed E-state index contributed by atoms with van der Waals surface area (Å²) in [6.07, 6.45) is 15.9. The maximum absolute atomic E-state index is 2.43. The summed E-state index contributed by atoms with van der Waals surface area (Å²) in [6, 6.07) is 11.0. The van der Waals surface area contributed by atoms with Crippen LogP contribution in [0.1, 0.15) is 84.5 Å². The average molecular weight is 353 g/mol. The van der Waals surface area contributed by atoms with Gasteiger partial charge in [-0.3, -0.25) is 0 Å². The van der Waals surface area contributed by atoms with E-state index < -0.39 is 0 Å². The molecule has 0 spiro atoms. The quantitative estimate of drug-likeness (QED) is 0.295. The first kappa shape index (κ1) is 18.8. The van der Waals surface area contributed by atoms with Gasteiger partial charge in [-0.1, -0.05) is 6.92 Å². The predicted molar refractivity (Wildman–Crippen MR) is 97.7 cm³/mol. The first-order chi connectivity index (χ1) is 10.3. The average Bonchev–Trinajstić information content (AvgIpc) is 2.50. The van der Waals surface area contributed by atoms with Crippen molar-refractivity contribution in [3.8, 4) is 0 Å². The second-order valence-electron chi connectivity index (χ2n) is 6.21. The number of unbranched alkanes of at least 4 members (excludes halogenated alkanes) is 9. The summed E-state index contributed by atoms with van der Waals surface area (Å²) in [5.41, 5.74) is 0. The van der Waals surface area contributed by atoms with E-state index in [1.165, 1.54) is 70.6 Å². The molecular formula is C20H34Se. The molecule has 0 aliphatic carbocycles. The van der Waals surface area contributed by atoms with Crippen molar-refractivity contribution >= 4 is 19.4 Å². The first-order valence-electron chi connectivity index (χ1n) is 9.04. The molecule has 0 saturated carbocycles. The molecule has 1 atom stereocenters. The van der Waals surface area contributed by atoms with Gasteiger partial charge in [-0.2, -0.15) is 0 Å². The minimum absolute atomic E-state index is 0.667. The van der Waals surface area contributed by atoms with Gasteiger partial charge in [0.1, 0.15) is 0 Å². The Bertz CT molecular complexity index is 320. The van der Waals surface area contributed by atoms with Gasteiger partial charge in [0.25, 0.3) is 0 Å². The van der Waals surface area contributed by atoms with E-state index in [0.717, 1.165) is 4.82 Å². The molecule has 1 heteroatoms. The fraction of sp³-hybridized carbons (Fsp3) is 0.700. The molecule has 1 aromatic carbocycles. The summed E-state index contributed by atoms with van der Waals surface area (Å²) < 4.78 is 1.56. The molecular weight excluding hydrogens is 319 g/mol. The van der Waals surface area contributed by atoms with Crippen molar-refractivity contribution < 1.29 is 0 Å². The van der Waals surface area contributed by atoms with Gasteiger partial charge < -0.3 is 0 Å². The van der Waals surface area contributed by atoms with Crippen molar-refractivity contribution in [1.29, 1.82) is 0 Å². The first-order valence-corrected chi connectivity index (χ1v) is 10.9. The molecule has 0 aliphatic heterocycles. The van der Waals surface area contributed by atoms with Crippen LogP contribution in [0.3, 0.4) is 0 Å². The molecule has 0 bridgehead atoms. The van der Waals surface area contributed by atoms with E-state index in [0.29, 0.717) is 15.0 Å². The minimum atomic E-state index is 0.667. The Kier molecular flexibility index (Phi) is 12.0. The van der Waals surface area contributed by atoms with Crippen molar-refractivity contribution in [2.24, 2.45) is 0 Å². The number of benzene rings is 1. The van der Waals surface area contributed by atoms with Crippen LogP contribution in [-0.4, -0.2) is 15.0 Å². The summed E-state index contributed by atoms with van der Waals surface area (Å²) in [5.74, 6) is 0. The van der Waals surface area contributed by atoms with Crippen molar-refractivity contribution in [2.45, 2.75) is 89.3 Å². The number of rotatable bonds is 13. The van der Waals surface area contributed by atoms with Crippen LogP contribution in [0.5, 0.6) is 0 Å². The van der Waals surface area contributed by atoms with Gasteiger partial charge in [-0.25, -0.2) is 0 Å². The van der Waals surface area contributed by atoms with Crippen LogP contribution in [0.2, 0.25) is 4.82 Å². The molecule has 1 aromatic rings. The molecule has 0 aromatic heterocycles. The zero-order chi connectivity index (χ0) is 15.2. The zero-order valence-electron chi connectivity index (χ0n) is 14.2. The van der Waals surface area contributed by atoms with Gasteiger partial charge in [0.2, 0.25) is 0 Å². The van der Waals surface area contributed by atoms with Gasteiger partial charge in [-0.15, -0.1) is 0 Å². The third kappa shape index (κ3) is 11.0. The fourth-order valence-electron chi connectivity index (χ4n) is 2.71. The van der Waals surface area contributed by atoms with Crippen LogP contribution < -0.4 is 4.46 Å². The van der Waals surface area contributed by atoms with E-state index in [-0.39, 0.29) is 0 Å². The Morgan fingerprint density at radius 1 is 0.762 bits per heavy atom. The molecule has 120 valence electrons. The Hall–Kier alpha value is -0.261. The Morgan fingerprint density at radius 3 is 1.86 bits per heavy atom. The normalized spacial score (nSPS) is 12.5. The molecule has 0 N–H and O–H groups in total. The van der Waals surface area contributed by atoms with E-state index in [1.54, 1.807) is 4.46 Å². The van der Waals surface area contributed by atoms with Crippen LogP contribution in [0, 0.1) is 0 Å². The summed E-state index contributed by atoms with van der Waals surface area (Å²) >= 11 is 0.667. The van der Waals surface area contributed by atoms with E-state index in [1.807, 2.05) is 0 Å². The molecule has 21 heavy (non-hydrogen) atoms. The van der Waals surface area contributed by atoms with E-state index in [4.69, 9.17) is 0 Å². The maximum atomic E-state index is 2.43. The molecule has 0 fully saturated rings. The van der Waals surface area contributed by atoms with Crippen LogP contribution in [0.15, 0.2) is 30.3 Å². The van der Waals surface area contributed by atoms with Crippen LogP contribution in [-0.2, 0) is 0 Å². The van der Waals surface area contributed by atoms with E-state index in [9.17, 15) is 0 Å². The monoisotopic (exact) mass is 354 g/mol.